The molecule has 2 heterocycles. The van der Waals surface area contributed by atoms with Crippen LogP contribution < -0.4 is 10.6 Å². The molecule has 1 aliphatic rings. The molecule has 172 valence electrons. The smallest absolute Gasteiger partial charge is 0.253 e. The summed E-state index contributed by atoms with van der Waals surface area (Å²) in [5.74, 6) is 0.210. The van der Waals surface area contributed by atoms with Crippen LogP contribution in [-0.4, -0.2) is 41.9 Å². The molecule has 2 N–H and O–H groups in total. The Morgan fingerprint density at radius 3 is 2.52 bits per heavy atom. The number of nitrogens with zero attached hydrogens (tertiary/aromatic N) is 1. The van der Waals surface area contributed by atoms with Gasteiger partial charge in [-0.3, -0.25) is 14.5 Å². The number of carbonyl (C=O) groups is 2. The van der Waals surface area contributed by atoms with E-state index in [1.807, 2.05) is 30.3 Å². The molecule has 2 aromatic carbocycles. The van der Waals surface area contributed by atoms with Gasteiger partial charge in [-0.2, -0.15) is 0 Å². The van der Waals surface area contributed by atoms with Crippen molar-refractivity contribution < 1.29 is 18.7 Å². The molecular formula is C26H29N3O4. The Bertz CT molecular complexity index is 1070. The maximum atomic E-state index is 13.0. The van der Waals surface area contributed by atoms with E-state index in [4.69, 9.17) is 9.15 Å². The number of ether oxygens (including phenoxy) is 1. The van der Waals surface area contributed by atoms with Crippen molar-refractivity contribution in [3.8, 4) is 0 Å². The topological polar surface area (TPSA) is 83.8 Å². The van der Waals surface area contributed by atoms with Crippen LogP contribution in [0.5, 0.6) is 0 Å². The molecule has 1 aliphatic heterocycles. The van der Waals surface area contributed by atoms with Gasteiger partial charge in [0, 0.05) is 12.1 Å². The van der Waals surface area contributed by atoms with Gasteiger partial charge in [0.2, 0.25) is 5.91 Å². The molecule has 7 heteroatoms. The first-order valence-electron chi connectivity index (χ1n) is 11.1. The fourth-order valence-corrected chi connectivity index (χ4v) is 4.19. The predicted molar refractivity (Wildman–Crippen MR) is 126 cm³/mol. The van der Waals surface area contributed by atoms with E-state index in [0.29, 0.717) is 23.6 Å². The zero-order valence-corrected chi connectivity index (χ0v) is 18.9. The molecule has 1 aromatic heterocycles. The number of para-hydroxylation sites is 1. The van der Waals surface area contributed by atoms with Crippen molar-refractivity contribution in [2.24, 2.45) is 0 Å². The molecule has 0 bridgehead atoms. The highest BCUT2D eigenvalue weighted by Gasteiger charge is 2.35. The van der Waals surface area contributed by atoms with Crippen molar-refractivity contribution in [2.45, 2.75) is 38.6 Å². The number of anilines is 1. The van der Waals surface area contributed by atoms with Crippen LogP contribution in [0.15, 0.2) is 77.4 Å². The summed E-state index contributed by atoms with van der Waals surface area (Å²) in [7, 11) is 0. The number of furan rings is 1. The fourth-order valence-electron chi connectivity index (χ4n) is 4.19. The average molecular weight is 448 g/mol. The van der Waals surface area contributed by atoms with E-state index in [0.717, 1.165) is 5.56 Å². The molecule has 0 radical (unpaired) electrons. The van der Waals surface area contributed by atoms with E-state index >= 15 is 0 Å². The van der Waals surface area contributed by atoms with Crippen LogP contribution in [0.25, 0.3) is 0 Å². The van der Waals surface area contributed by atoms with Gasteiger partial charge in [0.05, 0.1) is 43.3 Å². The minimum absolute atomic E-state index is 0.0220. The van der Waals surface area contributed by atoms with Gasteiger partial charge >= 0.3 is 0 Å². The maximum Gasteiger partial charge on any atom is 0.253 e. The first-order chi connectivity index (χ1) is 16.0. The Morgan fingerprint density at radius 2 is 1.76 bits per heavy atom. The molecule has 3 aromatic rings. The lowest BCUT2D eigenvalue weighted by Gasteiger charge is -2.43. The van der Waals surface area contributed by atoms with Gasteiger partial charge in [-0.1, -0.05) is 42.5 Å². The molecule has 0 spiro atoms. The number of morpholine rings is 1. The number of carbonyl (C=O) groups excluding carboxylic acids is 2. The third-order valence-corrected chi connectivity index (χ3v) is 5.95. The standard InChI is InChI=1S/C26H29N3O4/c1-18-17-33-25(20-9-4-3-5-10-20)19(2)29(18)16-24(30)28-23-13-7-6-12-22(23)26(31)27-15-21-11-8-14-32-21/h3-14,18-19,25H,15-17H2,1-2H3,(H,27,31)(H,28,30). The third-order valence-electron chi connectivity index (χ3n) is 5.95. The maximum absolute atomic E-state index is 13.0. The number of hydrogen-bond donors (Lipinski definition) is 2. The number of hydrogen-bond acceptors (Lipinski definition) is 5. The van der Waals surface area contributed by atoms with E-state index in [1.54, 1.807) is 42.7 Å². The summed E-state index contributed by atoms with van der Waals surface area (Å²) in [6.07, 6.45) is 1.46. The SMILES string of the molecule is CC1COC(c2ccccc2)C(C)N1CC(=O)Nc1ccccc1C(=O)NCc1ccco1. The quantitative estimate of drug-likeness (QED) is 0.572. The molecule has 7 nitrogen and oxygen atoms in total. The summed E-state index contributed by atoms with van der Waals surface area (Å²) in [6, 6.07) is 20.7. The number of amides is 2. The zero-order chi connectivity index (χ0) is 23.2. The summed E-state index contributed by atoms with van der Waals surface area (Å²) in [5.41, 5.74) is 1.98. The van der Waals surface area contributed by atoms with Crippen LogP contribution in [0.3, 0.4) is 0 Å². The van der Waals surface area contributed by atoms with Crippen molar-refractivity contribution in [2.75, 3.05) is 18.5 Å². The van der Waals surface area contributed by atoms with Crippen molar-refractivity contribution in [1.29, 1.82) is 0 Å². The summed E-state index contributed by atoms with van der Waals surface area (Å²) in [4.78, 5) is 27.8. The minimum Gasteiger partial charge on any atom is -0.467 e. The number of nitrogens with one attached hydrogen (secondary N) is 2. The lowest BCUT2D eigenvalue weighted by atomic mass is 9.98. The van der Waals surface area contributed by atoms with E-state index in [9.17, 15) is 9.59 Å². The fraction of sp³-hybridized carbons (Fsp3) is 0.308. The largest absolute Gasteiger partial charge is 0.467 e. The lowest BCUT2D eigenvalue weighted by molar-refractivity contribution is -0.127. The van der Waals surface area contributed by atoms with Crippen LogP contribution in [0.2, 0.25) is 0 Å². The zero-order valence-electron chi connectivity index (χ0n) is 18.9. The van der Waals surface area contributed by atoms with Crippen LogP contribution in [-0.2, 0) is 16.1 Å². The van der Waals surface area contributed by atoms with E-state index in [2.05, 4.69) is 29.4 Å². The van der Waals surface area contributed by atoms with E-state index < -0.39 is 0 Å². The minimum atomic E-state index is -0.278. The van der Waals surface area contributed by atoms with Gasteiger partial charge in [-0.15, -0.1) is 0 Å². The Balaban J connectivity index is 1.41. The highest BCUT2D eigenvalue weighted by molar-refractivity contribution is 6.04. The second-order valence-corrected chi connectivity index (χ2v) is 8.28. The second-order valence-electron chi connectivity index (χ2n) is 8.28. The van der Waals surface area contributed by atoms with Gasteiger partial charge < -0.3 is 19.8 Å². The van der Waals surface area contributed by atoms with Gasteiger partial charge in [0.15, 0.2) is 0 Å². The summed E-state index contributed by atoms with van der Waals surface area (Å²) >= 11 is 0. The predicted octanol–water partition coefficient (Wildman–Crippen LogP) is 4.00. The van der Waals surface area contributed by atoms with Gasteiger partial charge in [0.25, 0.3) is 5.91 Å². The van der Waals surface area contributed by atoms with Gasteiger partial charge in [0.1, 0.15) is 5.76 Å². The van der Waals surface area contributed by atoms with Crippen molar-refractivity contribution in [1.82, 2.24) is 10.2 Å². The Kier molecular flexibility index (Phi) is 7.22. The summed E-state index contributed by atoms with van der Waals surface area (Å²) in [5, 5.41) is 5.75. The van der Waals surface area contributed by atoms with Gasteiger partial charge in [-0.25, -0.2) is 0 Å². The van der Waals surface area contributed by atoms with Gasteiger partial charge in [-0.05, 0) is 43.7 Å². The van der Waals surface area contributed by atoms with Crippen LogP contribution in [0.4, 0.5) is 5.69 Å². The molecule has 0 saturated carbocycles. The Morgan fingerprint density at radius 1 is 1.00 bits per heavy atom. The first-order valence-corrected chi connectivity index (χ1v) is 11.1. The molecule has 3 atom stereocenters. The Hall–Kier alpha value is -3.42. The normalized spacial score (nSPS) is 20.8. The number of rotatable bonds is 7. The molecule has 1 fully saturated rings. The van der Waals surface area contributed by atoms with Crippen molar-refractivity contribution in [3.63, 3.8) is 0 Å². The van der Waals surface area contributed by atoms with E-state index in [-0.39, 0.29) is 43.1 Å². The lowest BCUT2D eigenvalue weighted by Crippen LogP contribution is -2.53. The Labute approximate surface area is 193 Å². The molecular weight excluding hydrogens is 418 g/mol. The van der Waals surface area contributed by atoms with Crippen LogP contribution >= 0.6 is 0 Å². The number of benzene rings is 2. The highest BCUT2D eigenvalue weighted by atomic mass is 16.5. The first kappa shape index (κ1) is 22.8. The second kappa shape index (κ2) is 10.5. The van der Waals surface area contributed by atoms with Crippen LogP contribution in [0, 0.1) is 0 Å². The van der Waals surface area contributed by atoms with Crippen molar-refractivity contribution in [3.05, 3.63) is 89.9 Å². The summed E-state index contributed by atoms with van der Waals surface area (Å²) < 4.78 is 11.4. The molecule has 33 heavy (non-hydrogen) atoms. The molecule has 2 amide bonds. The van der Waals surface area contributed by atoms with E-state index in [1.165, 1.54) is 0 Å². The summed E-state index contributed by atoms with van der Waals surface area (Å²) in [6.45, 7) is 5.16. The highest BCUT2D eigenvalue weighted by Crippen LogP contribution is 2.30. The molecule has 0 aliphatic carbocycles. The van der Waals surface area contributed by atoms with Crippen molar-refractivity contribution >= 4 is 17.5 Å². The molecule has 1 saturated heterocycles. The average Bonchev–Trinajstić information content (AvgIpc) is 3.35. The van der Waals surface area contributed by atoms with Crippen LogP contribution in [0.1, 0.15) is 41.6 Å². The third kappa shape index (κ3) is 5.50. The molecule has 4 rings (SSSR count). The monoisotopic (exact) mass is 447 g/mol. The molecule has 3 unspecified atom stereocenters.